The number of benzene rings is 1. The fourth-order valence-corrected chi connectivity index (χ4v) is 2.29. The van der Waals surface area contributed by atoms with Crippen LogP contribution in [0.2, 0.25) is 0 Å². The predicted octanol–water partition coefficient (Wildman–Crippen LogP) is 0.935. The Labute approximate surface area is 112 Å². The summed E-state index contributed by atoms with van der Waals surface area (Å²) in [6.45, 7) is 4.38. The third-order valence-corrected chi connectivity index (χ3v) is 3.44. The summed E-state index contributed by atoms with van der Waals surface area (Å²) in [6.07, 6.45) is 0.717. The van der Waals surface area contributed by atoms with E-state index in [2.05, 4.69) is 5.32 Å². The van der Waals surface area contributed by atoms with Crippen molar-refractivity contribution in [1.82, 2.24) is 5.32 Å². The highest BCUT2D eigenvalue weighted by Gasteiger charge is 2.40. The second-order valence-corrected chi connectivity index (χ2v) is 4.91. The van der Waals surface area contributed by atoms with Crippen molar-refractivity contribution in [3.05, 3.63) is 29.3 Å². The number of rotatable bonds is 4. The van der Waals surface area contributed by atoms with Gasteiger partial charge in [0.2, 0.25) is 0 Å². The number of aromatic hydroxyl groups is 1. The van der Waals surface area contributed by atoms with Gasteiger partial charge in [-0.2, -0.15) is 0 Å². The van der Waals surface area contributed by atoms with Gasteiger partial charge in [-0.1, -0.05) is 11.6 Å². The maximum atomic E-state index is 12.1. The minimum atomic E-state index is -0.314. The number of phenolic OH excluding ortho intramolecular Hbond substituents is 1. The van der Waals surface area contributed by atoms with Crippen molar-refractivity contribution >= 4 is 5.91 Å². The Balaban J connectivity index is 2.06. The third kappa shape index (κ3) is 2.88. The van der Waals surface area contributed by atoms with Gasteiger partial charge in [-0.15, -0.1) is 0 Å². The first kappa shape index (κ1) is 13.8. The molecule has 4 N–H and O–H groups in total. The summed E-state index contributed by atoms with van der Waals surface area (Å²) in [5, 5.41) is 12.6. The van der Waals surface area contributed by atoms with E-state index in [4.69, 9.17) is 10.5 Å². The van der Waals surface area contributed by atoms with Gasteiger partial charge in [-0.3, -0.25) is 4.79 Å². The lowest BCUT2D eigenvalue weighted by atomic mass is 9.83. The molecule has 1 aromatic rings. The zero-order valence-electron chi connectivity index (χ0n) is 11.2. The first-order valence-corrected chi connectivity index (χ1v) is 6.50. The van der Waals surface area contributed by atoms with Crippen molar-refractivity contribution < 1.29 is 14.6 Å². The monoisotopic (exact) mass is 264 g/mol. The third-order valence-electron chi connectivity index (χ3n) is 3.44. The second-order valence-electron chi connectivity index (χ2n) is 4.91. The van der Waals surface area contributed by atoms with E-state index in [-0.39, 0.29) is 35.4 Å². The Kier molecular flexibility index (Phi) is 4.07. The number of hydrogen-bond donors (Lipinski definition) is 3. The van der Waals surface area contributed by atoms with Crippen molar-refractivity contribution in [2.45, 2.75) is 38.5 Å². The zero-order valence-corrected chi connectivity index (χ0v) is 11.2. The molecule has 1 amide bonds. The molecule has 2 rings (SSSR count). The summed E-state index contributed by atoms with van der Waals surface area (Å²) in [5.41, 5.74) is 7.07. The summed E-state index contributed by atoms with van der Waals surface area (Å²) in [4.78, 5) is 12.1. The summed E-state index contributed by atoms with van der Waals surface area (Å²) >= 11 is 0. The molecular formula is C14H20N2O3. The number of hydrogen-bond acceptors (Lipinski definition) is 4. The largest absolute Gasteiger partial charge is 0.507 e. The normalized spacial score (nSPS) is 25.7. The smallest absolute Gasteiger partial charge is 0.255 e. The van der Waals surface area contributed by atoms with Gasteiger partial charge < -0.3 is 20.9 Å². The van der Waals surface area contributed by atoms with Crippen molar-refractivity contribution in [2.24, 2.45) is 5.73 Å². The highest BCUT2D eigenvalue weighted by molar-refractivity contribution is 5.97. The van der Waals surface area contributed by atoms with Crippen LogP contribution in [0, 0.1) is 6.92 Å². The van der Waals surface area contributed by atoms with Gasteiger partial charge in [0.1, 0.15) is 5.75 Å². The van der Waals surface area contributed by atoms with E-state index in [0.717, 1.165) is 12.0 Å². The molecular weight excluding hydrogens is 244 g/mol. The topological polar surface area (TPSA) is 84.6 Å². The Hall–Kier alpha value is -1.59. The molecule has 0 bridgehead atoms. The fourth-order valence-electron chi connectivity index (χ4n) is 2.29. The van der Waals surface area contributed by atoms with Gasteiger partial charge in [0.05, 0.1) is 17.7 Å². The van der Waals surface area contributed by atoms with Crippen LogP contribution in [0.4, 0.5) is 0 Å². The van der Waals surface area contributed by atoms with E-state index in [0.29, 0.717) is 6.61 Å². The van der Waals surface area contributed by atoms with Crippen LogP contribution in [0.1, 0.15) is 29.3 Å². The molecule has 3 unspecified atom stereocenters. The van der Waals surface area contributed by atoms with Crippen LogP contribution in [0.15, 0.2) is 18.2 Å². The lowest BCUT2D eigenvalue weighted by Gasteiger charge is -2.42. The SMILES string of the molecule is CCOC1CC(N)C1NC(=O)c1cc(C)ccc1O. The van der Waals surface area contributed by atoms with Crippen LogP contribution in [0.25, 0.3) is 0 Å². The number of aryl methyl sites for hydroxylation is 1. The molecule has 0 radical (unpaired) electrons. The van der Waals surface area contributed by atoms with Crippen LogP contribution in [-0.2, 0) is 4.74 Å². The number of phenols is 1. The van der Waals surface area contributed by atoms with Crippen LogP contribution >= 0.6 is 0 Å². The maximum absolute atomic E-state index is 12.1. The number of carbonyl (C=O) groups excluding carboxylic acids is 1. The number of carbonyl (C=O) groups is 1. The summed E-state index contributed by atoms with van der Waals surface area (Å²) in [5.74, 6) is -0.338. The van der Waals surface area contributed by atoms with Crippen LogP contribution in [-0.4, -0.2) is 35.8 Å². The Morgan fingerprint density at radius 1 is 1.58 bits per heavy atom. The van der Waals surface area contributed by atoms with E-state index in [9.17, 15) is 9.90 Å². The standard InChI is InChI=1S/C14H20N2O3/c1-3-19-12-7-10(15)13(12)16-14(18)9-6-8(2)4-5-11(9)17/h4-6,10,12-13,17H,3,7,15H2,1-2H3,(H,16,18). The van der Waals surface area contributed by atoms with E-state index in [1.165, 1.54) is 6.07 Å². The Morgan fingerprint density at radius 3 is 2.95 bits per heavy atom. The molecule has 5 heteroatoms. The second kappa shape index (κ2) is 5.59. The maximum Gasteiger partial charge on any atom is 0.255 e. The van der Waals surface area contributed by atoms with Crippen molar-refractivity contribution in [3.8, 4) is 5.75 Å². The van der Waals surface area contributed by atoms with Crippen molar-refractivity contribution in [2.75, 3.05) is 6.61 Å². The summed E-state index contributed by atoms with van der Waals surface area (Å²) in [7, 11) is 0. The highest BCUT2D eigenvalue weighted by atomic mass is 16.5. The number of nitrogens with two attached hydrogens (primary N) is 1. The lowest BCUT2D eigenvalue weighted by Crippen LogP contribution is -2.64. The Bertz CT molecular complexity index is 474. The van der Waals surface area contributed by atoms with Gasteiger partial charge in [0.15, 0.2) is 0 Å². The average molecular weight is 264 g/mol. The summed E-state index contributed by atoms with van der Waals surface area (Å²) < 4.78 is 5.49. The van der Waals surface area contributed by atoms with Crippen LogP contribution < -0.4 is 11.1 Å². The lowest BCUT2D eigenvalue weighted by molar-refractivity contribution is -0.0300. The molecule has 104 valence electrons. The van der Waals surface area contributed by atoms with E-state index in [1.807, 2.05) is 13.8 Å². The molecule has 1 aliphatic rings. The Morgan fingerprint density at radius 2 is 2.32 bits per heavy atom. The molecule has 0 saturated heterocycles. The quantitative estimate of drug-likeness (QED) is 0.755. The zero-order chi connectivity index (χ0) is 14.0. The van der Waals surface area contributed by atoms with E-state index < -0.39 is 0 Å². The van der Waals surface area contributed by atoms with Crippen LogP contribution in [0.5, 0.6) is 5.75 Å². The predicted molar refractivity (Wildman–Crippen MR) is 72.1 cm³/mol. The summed E-state index contributed by atoms with van der Waals surface area (Å²) in [6, 6.07) is 4.65. The molecule has 0 spiro atoms. The van der Waals surface area contributed by atoms with Gasteiger partial charge in [-0.25, -0.2) is 0 Å². The minimum absolute atomic E-state index is 0.0241. The van der Waals surface area contributed by atoms with Gasteiger partial charge in [0, 0.05) is 12.6 Å². The highest BCUT2D eigenvalue weighted by Crippen LogP contribution is 2.24. The average Bonchev–Trinajstić information content (AvgIpc) is 2.38. The first-order chi connectivity index (χ1) is 9.02. The molecule has 19 heavy (non-hydrogen) atoms. The fraction of sp³-hybridized carbons (Fsp3) is 0.500. The van der Waals surface area contributed by atoms with Crippen LogP contribution in [0.3, 0.4) is 0 Å². The molecule has 3 atom stereocenters. The number of ether oxygens (including phenoxy) is 1. The molecule has 0 heterocycles. The van der Waals surface area contributed by atoms with Gasteiger partial charge >= 0.3 is 0 Å². The minimum Gasteiger partial charge on any atom is -0.507 e. The number of nitrogens with one attached hydrogen (secondary N) is 1. The molecule has 0 aromatic heterocycles. The number of amides is 1. The van der Waals surface area contributed by atoms with E-state index in [1.54, 1.807) is 12.1 Å². The molecule has 5 nitrogen and oxygen atoms in total. The van der Waals surface area contributed by atoms with Gasteiger partial charge in [-0.05, 0) is 32.4 Å². The molecule has 1 fully saturated rings. The molecule has 1 saturated carbocycles. The van der Waals surface area contributed by atoms with Crippen molar-refractivity contribution in [1.29, 1.82) is 0 Å². The van der Waals surface area contributed by atoms with Gasteiger partial charge in [0.25, 0.3) is 5.91 Å². The van der Waals surface area contributed by atoms with Crippen molar-refractivity contribution in [3.63, 3.8) is 0 Å². The molecule has 0 aliphatic heterocycles. The first-order valence-electron chi connectivity index (χ1n) is 6.50. The molecule has 1 aliphatic carbocycles. The van der Waals surface area contributed by atoms with E-state index >= 15 is 0 Å². The molecule has 1 aromatic carbocycles.